The number of rotatable bonds is 5. The molecule has 0 amide bonds. The smallest absolute Gasteiger partial charge is 0.0657 e. The standard InChI is InChI=1S/C10H21NO2/c1-5-12-9-7-8(10(9,3)4)11-13-6-2/h8-9,11H,5-7H2,1-4H3. The van der Waals surface area contributed by atoms with Crippen LogP contribution in [0.25, 0.3) is 0 Å². The van der Waals surface area contributed by atoms with Crippen LogP contribution in [0.3, 0.4) is 0 Å². The van der Waals surface area contributed by atoms with Gasteiger partial charge < -0.3 is 9.57 Å². The molecule has 3 nitrogen and oxygen atoms in total. The molecule has 1 fully saturated rings. The highest BCUT2D eigenvalue weighted by molar-refractivity contribution is 5.01. The number of nitrogens with one attached hydrogen (secondary N) is 1. The first-order chi connectivity index (χ1) is 6.12. The maximum atomic E-state index is 5.61. The van der Waals surface area contributed by atoms with Crippen LogP contribution in [-0.4, -0.2) is 25.4 Å². The topological polar surface area (TPSA) is 30.5 Å². The molecule has 2 unspecified atom stereocenters. The van der Waals surface area contributed by atoms with Crippen molar-refractivity contribution in [3.8, 4) is 0 Å². The van der Waals surface area contributed by atoms with E-state index in [0.717, 1.165) is 13.0 Å². The predicted octanol–water partition coefficient (Wildman–Crippen LogP) is 1.73. The van der Waals surface area contributed by atoms with Crippen molar-refractivity contribution in [1.82, 2.24) is 5.48 Å². The van der Waals surface area contributed by atoms with Gasteiger partial charge in [-0.25, -0.2) is 0 Å². The second-order valence-electron chi connectivity index (χ2n) is 4.10. The maximum Gasteiger partial charge on any atom is 0.0657 e. The van der Waals surface area contributed by atoms with Crippen molar-refractivity contribution in [2.24, 2.45) is 5.41 Å². The Bertz CT molecular complexity index is 159. The predicted molar refractivity (Wildman–Crippen MR) is 52.4 cm³/mol. The van der Waals surface area contributed by atoms with E-state index < -0.39 is 0 Å². The lowest BCUT2D eigenvalue weighted by Crippen LogP contribution is -2.60. The molecule has 0 aromatic rings. The fourth-order valence-corrected chi connectivity index (χ4v) is 1.75. The lowest BCUT2D eigenvalue weighted by atomic mass is 9.65. The van der Waals surface area contributed by atoms with Crippen molar-refractivity contribution < 1.29 is 9.57 Å². The quantitative estimate of drug-likeness (QED) is 0.665. The molecule has 2 atom stereocenters. The van der Waals surface area contributed by atoms with Gasteiger partial charge in [0.15, 0.2) is 0 Å². The second-order valence-corrected chi connectivity index (χ2v) is 4.10. The normalized spacial score (nSPS) is 31.4. The second kappa shape index (κ2) is 4.40. The highest BCUT2D eigenvalue weighted by atomic mass is 16.6. The lowest BCUT2D eigenvalue weighted by Gasteiger charge is -2.51. The average Bonchev–Trinajstić information content (AvgIpc) is 2.10. The molecule has 0 aromatic carbocycles. The summed E-state index contributed by atoms with van der Waals surface area (Å²) in [7, 11) is 0. The molecular weight excluding hydrogens is 166 g/mol. The lowest BCUT2D eigenvalue weighted by molar-refractivity contribution is -0.153. The molecule has 0 bridgehead atoms. The Morgan fingerprint density at radius 1 is 1.31 bits per heavy atom. The summed E-state index contributed by atoms with van der Waals surface area (Å²) in [5, 5.41) is 0. The fourth-order valence-electron chi connectivity index (χ4n) is 1.75. The third kappa shape index (κ3) is 2.22. The molecule has 1 aliphatic carbocycles. The molecule has 1 N–H and O–H groups in total. The van der Waals surface area contributed by atoms with Crippen LogP contribution in [0.5, 0.6) is 0 Å². The summed E-state index contributed by atoms with van der Waals surface area (Å²) in [6.45, 7) is 9.97. The first kappa shape index (κ1) is 11.0. The molecule has 0 aliphatic heterocycles. The molecule has 0 heterocycles. The van der Waals surface area contributed by atoms with Crippen LogP contribution >= 0.6 is 0 Å². The fraction of sp³-hybridized carbons (Fsp3) is 1.00. The van der Waals surface area contributed by atoms with Crippen LogP contribution in [-0.2, 0) is 9.57 Å². The largest absolute Gasteiger partial charge is 0.378 e. The van der Waals surface area contributed by atoms with Crippen LogP contribution in [0.15, 0.2) is 0 Å². The van der Waals surface area contributed by atoms with E-state index in [1.165, 1.54) is 0 Å². The van der Waals surface area contributed by atoms with Gasteiger partial charge in [0, 0.05) is 18.1 Å². The Kier molecular flexibility index (Phi) is 3.71. The van der Waals surface area contributed by atoms with E-state index in [1.54, 1.807) is 0 Å². The average molecular weight is 187 g/mol. The summed E-state index contributed by atoms with van der Waals surface area (Å²) >= 11 is 0. The van der Waals surface area contributed by atoms with Crippen molar-refractivity contribution in [2.45, 2.75) is 46.3 Å². The van der Waals surface area contributed by atoms with Gasteiger partial charge in [-0.3, -0.25) is 0 Å². The van der Waals surface area contributed by atoms with Gasteiger partial charge in [-0.05, 0) is 20.3 Å². The van der Waals surface area contributed by atoms with Crippen LogP contribution in [0.1, 0.15) is 34.1 Å². The Balaban J connectivity index is 2.30. The zero-order chi connectivity index (χ0) is 9.90. The van der Waals surface area contributed by atoms with E-state index in [1.807, 2.05) is 13.8 Å². The summed E-state index contributed by atoms with van der Waals surface area (Å²) in [6, 6.07) is 0.434. The van der Waals surface area contributed by atoms with E-state index in [4.69, 9.17) is 9.57 Å². The number of hydroxylamine groups is 1. The van der Waals surface area contributed by atoms with Crippen molar-refractivity contribution in [3.05, 3.63) is 0 Å². The Morgan fingerprint density at radius 3 is 2.46 bits per heavy atom. The van der Waals surface area contributed by atoms with Crippen LogP contribution < -0.4 is 5.48 Å². The Morgan fingerprint density at radius 2 is 2.00 bits per heavy atom. The molecule has 0 saturated heterocycles. The van der Waals surface area contributed by atoms with Crippen LogP contribution in [0.2, 0.25) is 0 Å². The first-order valence-corrected chi connectivity index (χ1v) is 5.11. The van der Waals surface area contributed by atoms with Gasteiger partial charge in [0.25, 0.3) is 0 Å². The van der Waals surface area contributed by atoms with Crippen molar-refractivity contribution in [2.75, 3.05) is 13.2 Å². The van der Waals surface area contributed by atoms with Gasteiger partial charge in [0.1, 0.15) is 0 Å². The summed E-state index contributed by atoms with van der Waals surface area (Å²) in [5.41, 5.74) is 3.27. The van der Waals surface area contributed by atoms with Crippen LogP contribution in [0.4, 0.5) is 0 Å². The van der Waals surface area contributed by atoms with E-state index in [2.05, 4.69) is 19.3 Å². The number of ether oxygens (including phenoxy) is 1. The summed E-state index contributed by atoms with van der Waals surface area (Å²) in [5.74, 6) is 0. The Hall–Kier alpha value is -0.120. The zero-order valence-corrected chi connectivity index (χ0v) is 9.09. The first-order valence-electron chi connectivity index (χ1n) is 5.11. The molecule has 3 heteroatoms. The SMILES string of the molecule is CCONC1CC(OCC)C1(C)C. The summed E-state index contributed by atoms with van der Waals surface area (Å²) in [6.07, 6.45) is 1.44. The molecule has 0 aromatic heterocycles. The minimum Gasteiger partial charge on any atom is -0.378 e. The van der Waals surface area contributed by atoms with Crippen molar-refractivity contribution >= 4 is 0 Å². The molecule has 1 aliphatic rings. The third-order valence-corrected chi connectivity index (χ3v) is 2.92. The van der Waals surface area contributed by atoms with E-state index in [0.29, 0.717) is 18.8 Å². The van der Waals surface area contributed by atoms with Gasteiger partial charge in [-0.1, -0.05) is 13.8 Å². The van der Waals surface area contributed by atoms with Gasteiger partial charge in [0.2, 0.25) is 0 Å². The molecule has 0 spiro atoms. The van der Waals surface area contributed by atoms with Gasteiger partial charge in [-0.15, -0.1) is 0 Å². The van der Waals surface area contributed by atoms with Gasteiger partial charge in [-0.2, -0.15) is 5.48 Å². The number of hydrogen-bond donors (Lipinski definition) is 1. The zero-order valence-electron chi connectivity index (χ0n) is 9.09. The molecule has 13 heavy (non-hydrogen) atoms. The van der Waals surface area contributed by atoms with E-state index in [9.17, 15) is 0 Å². The van der Waals surface area contributed by atoms with E-state index >= 15 is 0 Å². The maximum absolute atomic E-state index is 5.61. The summed E-state index contributed by atoms with van der Waals surface area (Å²) < 4.78 is 5.61. The monoisotopic (exact) mass is 187 g/mol. The van der Waals surface area contributed by atoms with Gasteiger partial charge in [0.05, 0.1) is 12.7 Å². The molecule has 0 radical (unpaired) electrons. The molecule has 1 rings (SSSR count). The number of hydrogen-bond acceptors (Lipinski definition) is 3. The Labute approximate surface area is 80.7 Å². The summed E-state index contributed by atoms with van der Waals surface area (Å²) in [4.78, 5) is 5.19. The molecule has 1 saturated carbocycles. The van der Waals surface area contributed by atoms with E-state index in [-0.39, 0.29) is 5.41 Å². The minimum atomic E-state index is 0.200. The highest BCUT2D eigenvalue weighted by Crippen LogP contribution is 2.42. The van der Waals surface area contributed by atoms with Gasteiger partial charge >= 0.3 is 0 Å². The highest BCUT2D eigenvalue weighted by Gasteiger charge is 2.49. The van der Waals surface area contributed by atoms with Crippen LogP contribution in [0, 0.1) is 5.41 Å². The molecule has 78 valence electrons. The minimum absolute atomic E-state index is 0.200. The van der Waals surface area contributed by atoms with Crippen molar-refractivity contribution in [1.29, 1.82) is 0 Å². The van der Waals surface area contributed by atoms with Crippen molar-refractivity contribution in [3.63, 3.8) is 0 Å². The third-order valence-electron chi connectivity index (χ3n) is 2.92. The molecular formula is C10H21NO2.